The molecule has 2 rings (SSSR count). The van der Waals surface area contributed by atoms with Gasteiger partial charge in [0.1, 0.15) is 0 Å². The second kappa shape index (κ2) is 10.7. The molecule has 1 N–H and O–H groups in total. The number of rotatable bonds is 10. The molecule has 140 valence electrons. The number of hydrogen-bond donors (Lipinski definition) is 1. The van der Waals surface area contributed by atoms with Crippen molar-refractivity contribution in [3.8, 4) is 0 Å². The van der Waals surface area contributed by atoms with E-state index < -0.39 is 0 Å². The molecule has 1 amide bonds. The van der Waals surface area contributed by atoms with Crippen molar-refractivity contribution in [3.05, 3.63) is 29.8 Å². The quantitative estimate of drug-likeness (QED) is 0.440. The fourth-order valence-corrected chi connectivity index (χ4v) is 4.84. The minimum absolute atomic E-state index is 0.00968. The van der Waals surface area contributed by atoms with Crippen LogP contribution in [0.3, 0.4) is 0 Å². The Morgan fingerprint density at radius 3 is 2.38 bits per heavy atom. The van der Waals surface area contributed by atoms with Gasteiger partial charge in [0.25, 0.3) is 0 Å². The van der Waals surface area contributed by atoms with Gasteiger partial charge in [-0.15, -0.1) is 10.2 Å². The number of nitrogens with zero attached hydrogens (tertiary/aromatic N) is 2. The first kappa shape index (κ1) is 20.9. The largest absolute Gasteiger partial charge is 0.326 e. The van der Waals surface area contributed by atoms with E-state index in [1.165, 1.54) is 23.1 Å². The van der Waals surface area contributed by atoms with Crippen molar-refractivity contribution in [1.82, 2.24) is 10.2 Å². The van der Waals surface area contributed by atoms with E-state index in [9.17, 15) is 9.59 Å². The summed E-state index contributed by atoms with van der Waals surface area (Å²) in [5.74, 6) is 1.97. The molecule has 0 saturated heterocycles. The highest BCUT2D eigenvalue weighted by Gasteiger charge is 2.11. The molecule has 0 aliphatic rings. The predicted molar refractivity (Wildman–Crippen MR) is 111 cm³/mol. The van der Waals surface area contributed by atoms with Crippen molar-refractivity contribution in [2.45, 2.75) is 42.3 Å². The van der Waals surface area contributed by atoms with Gasteiger partial charge in [-0.25, -0.2) is 0 Å². The first-order valence-electron chi connectivity index (χ1n) is 8.50. The Balaban J connectivity index is 1.83. The fraction of sp³-hybridized carbons (Fsp3) is 0.444. The molecule has 0 radical (unpaired) electrons. The average molecular weight is 410 g/mol. The third-order valence-electron chi connectivity index (χ3n) is 3.22. The minimum Gasteiger partial charge on any atom is -0.326 e. The van der Waals surface area contributed by atoms with Gasteiger partial charge >= 0.3 is 0 Å². The van der Waals surface area contributed by atoms with E-state index in [2.05, 4.69) is 29.4 Å². The zero-order valence-electron chi connectivity index (χ0n) is 15.2. The second-order valence-corrected chi connectivity index (χ2v) is 9.59. The Bertz CT molecular complexity index is 730. The zero-order valence-corrected chi connectivity index (χ0v) is 17.6. The maximum atomic E-state index is 12.3. The van der Waals surface area contributed by atoms with Crippen molar-refractivity contribution in [2.75, 3.05) is 16.8 Å². The van der Waals surface area contributed by atoms with Crippen molar-refractivity contribution in [2.24, 2.45) is 5.92 Å². The van der Waals surface area contributed by atoms with Crippen LogP contribution in [0.15, 0.2) is 32.9 Å². The number of hydrogen-bond acceptors (Lipinski definition) is 7. The molecule has 8 heteroatoms. The molecule has 26 heavy (non-hydrogen) atoms. The molecule has 1 aromatic carbocycles. The van der Waals surface area contributed by atoms with Gasteiger partial charge in [-0.3, -0.25) is 9.59 Å². The van der Waals surface area contributed by atoms with E-state index in [1.807, 2.05) is 6.92 Å². The molecule has 0 fully saturated rings. The lowest BCUT2D eigenvalue weighted by atomic mass is 10.1. The number of ketones is 1. The highest BCUT2D eigenvalue weighted by atomic mass is 32.2. The van der Waals surface area contributed by atoms with E-state index in [1.54, 1.807) is 36.0 Å². The number of aromatic nitrogens is 2. The Kier molecular flexibility index (Phi) is 8.61. The molecule has 0 saturated carbocycles. The topological polar surface area (TPSA) is 72.0 Å². The van der Waals surface area contributed by atoms with Crippen molar-refractivity contribution in [3.63, 3.8) is 0 Å². The molecule has 0 atom stereocenters. The normalized spacial score (nSPS) is 10.9. The molecular formula is C18H23N3O2S3. The summed E-state index contributed by atoms with van der Waals surface area (Å²) in [6, 6.07) is 7.01. The summed E-state index contributed by atoms with van der Waals surface area (Å²) >= 11 is 4.64. The van der Waals surface area contributed by atoms with Gasteiger partial charge in [0.05, 0.1) is 5.75 Å². The van der Waals surface area contributed by atoms with Gasteiger partial charge < -0.3 is 5.32 Å². The first-order chi connectivity index (χ1) is 12.5. The number of nitrogens with one attached hydrogen (secondary N) is 1. The summed E-state index contributed by atoms with van der Waals surface area (Å²) < 4.78 is 1.76. The molecule has 2 aromatic rings. The summed E-state index contributed by atoms with van der Waals surface area (Å²) in [6.07, 6.45) is 1.31. The van der Waals surface area contributed by atoms with Crippen LogP contribution < -0.4 is 5.32 Å². The van der Waals surface area contributed by atoms with Crippen LogP contribution in [0.5, 0.6) is 0 Å². The summed E-state index contributed by atoms with van der Waals surface area (Å²) in [4.78, 5) is 23.9. The summed E-state index contributed by atoms with van der Waals surface area (Å²) in [7, 11) is 0. The van der Waals surface area contributed by atoms with Crippen LogP contribution in [0.2, 0.25) is 0 Å². The molecule has 0 bridgehead atoms. The SMILES string of the molecule is CCCC(=O)Nc1ccc(C(=O)CSc2nnc(SCC(C)C)s2)cc1. The number of carbonyl (C=O) groups is 2. The molecule has 1 heterocycles. The fourth-order valence-electron chi connectivity index (χ4n) is 1.95. The lowest BCUT2D eigenvalue weighted by Crippen LogP contribution is -2.10. The molecular weight excluding hydrogens is 386 g/mol. The van der Waals surface area contributed by atoms with Crippen LogP contribution in [0.1, 0.15) is 44.0 Å². The number of Topliss-reactive ketones (excluding diaryl/α,β-unsaturated/α-hetero) is 1. The Morgan fingerprint density at radius 1 is 1.12 bits per heavy atom. The standard InChI is InChI=1S/C18H23N3O2S3/c1-4-5-16(23)19-14-8-6-13(7-9-14)15(22)11-25-18-21-20-17(26-18)24-10-12(2)3/h6-9,12H,4-5,10-11H2,1-3H3,(H,19,23). The van der Waals surface area contributed by atoms with Crippen LogP contribution in [-0.4, -0.2) is 33.4 Å². The lowest BCUT2D eigenvalue weighted by molar-refractivity contribution is -0.116. The van der Waals surface area contributed by atoms with E-state index in [-0.39, 0.29) is 11.7 Å². The van der Waals surface area contributed by atoms with Crippen molar-refractivity contribution >= 4 is 52.2 Å². The minimum atomic E-state index is -0.00968. The Morgan fingerprint density at radius 2 is 1.77 bits per heavy atom. The third kappa shape index (κ3) is 7.09. The Hall–Kier alpha value is -1.38. The maximum absolute atomic E-state index is 12.3. The smallest absolute Gasteiger partial charge is 0.224 e. The molecule has 1 aromatic heterocycles. The van der Waals surface area contributed by atoms with Gasteiger partial charge in [-0.05, 0) is 36.6 Å². The highest BCUT2D eigenvalue weighted by Crippen LogP contribution is 2.30. The van der Waals surface area contributed by atoms with Crippen LogP contribution >= 0.6 is 34.9 Å². The Labute approximate surface area is 166 Å². The number of amides is 1. The monoisotopic (exact) mass is 409 g/mol. The predicted octanol–water partition coefficient (Wildman–Crippen LogP) is 5.00. The van der Waals surface area contributed by atoms with Gasteiger partial charge in [0.15, 0.2) is 14.5 Å². The van der Waals surface area contributed by atoms with Gasteiger partial charge in [-0.1, -0.05) is 55.6 Å². The van der Waals surface area contributed by atoms with Crippen molar-refractivity contribution < 1.29 is 9.59 Å². The van der Waals surface area contributed by atoms with Gasteiger partial charge in [0.2, 0.25) is 5.91 Å². The first-order valence-corrected chi connectivity index (χ1v) is 11.3. The van der Waals surface area contributed by atoms with Crippen LogP contribution in [0.4, 0.5) is 5.69 Å². The number of benzene rings is 1. The second-order valence-electron chi connectivity index (χ2n) is 6.13. The summed E-state index contributed by atoms with van der Waals surface area (Å²) in [6.45, 7) is 6.30. The van der Waals surface area contributed by atoms with Crippen LogP contribution in [0.25, 0.3) is 0 Å². The van der Waals surface area contributed by atoms with E-state index in [0.717, 1.165) is 20.9 Å². The number of anilines is 1. The van der Waals surface area contributed by atoms with Crippen LogP contribution in [0, 0.1) is 5.92 Å². The molecule has 0 spiro atoms. The molecule has 0 unspecified atom stereocenters. The third-order valence-corrected chi connectivity index (χ3v) is 6.84. The van der Waals surface area contributed by atoms with Crippen molar-refractivity contribution in [1.29, 1.82) is 0 Å². The lowest BCUT2D eigenvalue weighted by Gasteiger charge is -2.05. The van der Waals surface area contributed by atoms with E-state index >= 15 is 0 Å². The van der Waals surface area contributed by atoms with Gasteiger partial charge in [-0.2, -0.15) is 0 Å². The summed E-state index contributed by atoms with van der Waals surface area (Å²) in [5, 5.41) is 11.1. The average Bonchev–Trinajstić information content (AvgIpc) is 3.06. The van der Waals surface area contributed by atoms with E-state index in [0.29, 0.717) is 29.3 Å². The molecule has 0 aliphatic heterocycles. The zero-order chi connectivity index (χ0) is 18.9. The maximum Gasteiger partial charge on any atom is 0.224 e. The number of carbonyl (C=O) groups excluding carboxylic acids is 2. The van der Waals surface area contributed by atoms with Gasteiger partial charge in [0, 0.05) is 23.4 Å². The highest BCUT2D eigenvalue weighted by molar-refractivity contribution is 8.03. The van der Waals surface area contributed by atoms with E-state index in [4.69, 9.17) is 0 Å². The molecule has 0 aliphatic carbocycles. The van der Waals surface area contributed by atoms with Crippen LogP contribution in [-0.2, 0) is 4.79 Å². The summed E-state index contributed by atoms with van der Waals surface area (Å²) in [5.41, 5.74) is 1.34. The number of thioether (sulfide) groups is 2. The molecule has 5 nitrogen and oxygen atoms in total.